The monoisotopic (exact) mass is 168 g/mol. The van der Waals surface area contributed by atoms with Gasteiger partial charge in [0, 0.05) is 17.9 Å². The van der Waals surface area contributed by atoms with Crippen molar-refractivity contribution in [2.75, 3.05) is 6.61 Å². The van der Waals surface area contributed by atoms with Crippen LogP contribution in [0.4, 0.5) is 0 Å². The highest BCUT2D eigenvalue weighted by molar-refractivity contribution is 5.14. The lowest BCUT2D eigenvalue weighted by Crippen LogP contribution is -2.69. The van der Waals surface area contributed by atoms with Crippen molar-refractivity contribution in [3.8, 4) is 0 Å². The van der Waals surface area contributed by atoms with Crippen LogP contribution in [0.3, 0.4) is 0 Å². The Kier molecular flexibility index (Phi) is 1.37. The summed E-state index contributed by atoms with van der Waals surface area (Å²) in [7, 11) is 0. The maximum Gasteiger partial charge on any atom is 0.0709 e. The molecule has 1 aliphatic heterocycles. The van der Waals surface area contributed by atoms with E-state index in [1.807, 2.05) is 0 Å². The van der Waals surface area contributed by atoms with Crippen molar-refractivity contribution >= 4 is 0 Å². The van der Waals surface area contributed by atoms with Crippen LogP contribution in [0.1, 0.15) is 32.1 Å². The van der Waals surface area contributed by atoms with Crippen LogP contribution in [0.5, 0.6) is 0 Å². The molecule has 0 aromatic carbocycles. The molecule has 2 heteroatoms. The molecule has 0 bridgehead atoms. The highest BCUT2D eigenvalue weighted by Gasteiger charge is 2.64. The van der Waals surface area contributed by atoms with Gasteiger partial charge < -0.3 is 9.84 Å². The molecule has 0 radical (unpaired) electrons. The van der Waals surface area contributed by atoms with Crippen molar-refractivity contribution < 1.29 is 9.84 Å². The standard InChI is InChI=1S/C10H16O2/c11-8-7-3-1-6-12-9(7)10(8)4-2-5-10/h7-9,11H,1-6H2. The molecule has 3 aliphatic rings. The Morgan fingerprint density at radius 3 is 2.75 bits per heavy atom. The highest BCUT2D eigenvalue weighted by Crippen LogP contribution is 2.62. The molecule has 2 saturated carbocycles. The smallest absolute Gasteiger partial charge is 0.0709 e. The molecule has 1 saturated heterocycles. The lowest BCUT2D eigenvalue weighted by atomic mass is 9.46. The Balaban J connectivity index is 1.80. The third kappa shape index (κ3) is 0.647. The molecule has 1 heterocycles. The van der Waals surface area contributed by atoms with Gasteiger partial charge in [0.15, 0.2) is 0 Å². The molecule has 2 aliphatic carbocycles. The Morgan fingerprint density at radius 1 is 1.25 bits per heavy atom. The third-order valence-corrected chi connectivity index (χ3v) is 4.21. The van der Waals surface area contributed by atoms with Gasteiger partial charge in [-0.25, -0.2) is 0 Å². The SMILES string of the molecule is OC1C2CCCOC2C12CCC2. The van der Waals surface area contributed by atoms with Crippen LogP contribution in [0, 0.1) is 11.3 Å². The molecule has 1 N–H and O–H groups in total. The summed E-state index contributed by atoms with van der Waals surface area (Å²) < 4.78 is 5.75. The predicted octanol–water partition coefficient (Wildman–Crippen LogP) is 1.33. The fourth-order valence-corrected chi connectivity index (χ4v) is 3.36. The van der Waals surface area contributed by atoms with E-state index in [0.717, 1.165) is 13.0 Å². The molecule has 3 fully saturated rings. The number of aliphatic hydroxyl groups excluding tert-OH is 1. The molecule has 68 valence electrons. The average molecular weight is 168 g/mol. The van der Waals surface area contributed by atoms with Gasteiger partial charge in [0.25, 0.3) is 0 Å². The van der Waals surface area contributed by atoms with Gasteiger partial charge in [0.1, 0.15) is 0 Å². The van der Waals surface area contributed by atoms with Crippen LogP contribution in [0.15, 0.2) is 0 Å². The van der Waals surface area contributed by atoms with Crippen molar-refractivity contribution in [1.82, 2.24) is 0 Å². The number of rotatable bonds is 0. The summed E-state index contributed by atoms with van der Waals surface area (Å²) in [6.07, 6.45) is 6.43. The molecule has 0 aromatic rings. The van der Waals surface area contributed by atoms with Crippen molar-refractivity contribution in [2.45, 2.75) is 44.3 Å². The molecule has 0 amide bonds. The minimum Gasteiger partial charge on any atom is -0.392 e. The summed E-state index contributed by atoms with van der Waals surface area (Å²) in [5.74, 6) is 0.485. The second kappa shape index (κ2) is 2.24. The number of aliphatic hydroxyl groups is 1. The Bertz CT molecular complexity index is 198. The fraction of sp³-hybridized carbons (Fsp3) is 1.00. The summed E-state index contributed by atoms with van der Waals surface area (Å²) in [4.78, 5) is 0. The first kappa shape index (κ1) is 7.34. The van der Waals surface area contributed by atoms with Gasteiger partial charge in [-0.05, 0) is 25.7 Å². The summed E-state index contributed by atoms with van der Waals surface area (Å²) in [6.45, 7) is 0.926. The van der Waals surface area contributed by atoms with Crippen molar-refractivity contribution in [3.05, 3.63) is 0 Å². The van der Waals surface area contributed by atoms with Crippen LogP contribution in [-0.4, -0.2) is 23.9 Å². The molecule has 0 aromatic heterocycles. The van der Waals surface area contributed by atoms with Crippen LogP contribution in [0.25, 0.3) is 0 Å². The molecule has 3 rings (SSSR count). The fourth-order valence-electron chi connectivity index (χ4n) is 3.36. The lowest BCUT2D eigenvalue weighted by molar-refractivity contribution is -0.285. The van der Waals surface area contributed by atoms with Gasteiger partial charge >= 0.3 is 0 Å². The van der Waals surface area contributed by atoms with E-state index in [4.69, 9.17) is 4.74 Å². The first-order chi connectivity index (χ1) is 5.84. The largest absolute Gasteiger partial charge is 0.392 e. The number of hydrogen-bond donors (Lipinski definition) is 1. The van der Waals surface area contributed by atoms with Crippen molar-refractivity contribution in [1.29, 1.82) is 0 Å². The average Bonchev–Trinajstić information content (AvgIpc) is 2.01. The molecular formula is C10H16O2. The molecule has 3 unspecified atom stereocenters. The Hall–Kier alpha value is -0.0800. The zero-order valence-electron chi connectivity index (χ0n) is 7.33. The van der Waals surface area contributed by atoms with Gasteiger partial charge in [0.05, 0.1) is 12.2 Å². The first-order valence-corrected chi connectivity index (χ1v) is 5.14. The number of fused-ring (bicyclic) bond motifs is 2. The summed E-state index contributed by atoms with van der Waals surface area (Å²) in [5.41, 5.74) is 0.227. The van der Waals surface area contributed by atoms with Crippen molar-refractivity contribution in [3.63, 3.8) is 0 Å². The van der Waals surface area contributed by atoms with E-state index in [9.17, 15) is 5.11 Å². The summed E-state index contributed by atoms with van der Waals surface area (Å²) >= 11 is 0. The molecule has 1 spiro atoms. The number of hydrogen-bond acceptors (Lipinski definition) is 2. The second-order valence-electron chi connectivity index (χ2n) is 4.63. The van der Waals surface area contributed by atoms with Crippen LogP contribution in [0.2, 0.25) is 0 Å². The van der Waals surface area contributed by atoms with Gasteiger partial charge in [-0.2, -0.15) is 0 Å². The summed E-state index contributed by atoms with van der Waals surface area (Å²) in [5, 5.41) is 9.93. The Morgan fingerprint density at radius 2 is 2.08 bits per heavy atom. The molecule has 12 heavy (non-hydrogen) atoms. The quantitative estimate of drug-likeness (QED) is 0.591. The zero-order chi connectivity index (χ0) is 8.18. The van der Waals surface area contributed by atoms with Gasteiger partial charge in [-0.3, -0.25) is 0 Å². The molecular weight excluding hydrogens is 152 g/mol. The van der Waals surface area contributed by atoms with Crippen molar-refractivity contribution in [2.24, 2.45) is 11.3 Å². The molecule has 3 atom stereocenters. The molecule has 2 nitrogen and oxygen atoms in total. The van der Waals surface area contributed by atoms with E-state index >= 15 is 0 Å². The minimum absolute atomic E-state index is 0.0310. The van der Waals surface area contributed by atoms with Gasteiger partial charge in [-0.1, -0.05) is 6.42 Å². The second-order valence-corrected chi connectivity index (χ2v) is 4.63. The third-order valence-electron chi connectivity index (χ3n) is 4.21. The topological polar surface area (TPSA) is 29.5 Å². The van der Waals surface area contributed by atoms with Crippen LogP contribution >= 0.6 is 0 Å². The van der Waals surface area contributed by atoms with E-state index < -0.39 is 0 Å². The van der Waals surface area contributed by atoms with E-state index in [1.165, 1.54) is 25.7 Å². The maximum absolute atomic E-state index is 9.93. The first-order valence-electron chi connectivity index (χ1n) is 5.14. The van der Waals surface area contributed by atoms with E-state index in [1.54, 1.807) is 0 Å². The number of ether oxygens (including phenoxy) is 1. The predicted molar refractivity (Wildman–Crippen MR) is 44.8 cm³/mol. The Labute approximate surface area is 72.9 Å². The normalized spacial score (nSPS) is 49.2. The van der Waals surface area contributed by atoms with E-state index in [-0.39, 0.29) is 11.5 Å². The van der Waals surface area contributed by atoms with Crippen LogP contribution in [-0.2, 0) is 4.74 Å². The van der Waals surface area contributed by atoms with Gasteiger partial charge in [0.2, 0.25) is 0 Å². The van der Waals surface area contributed by atoms with Gasteiger partial charge in [-0.15, -0.1) is 0 Å². The van der Waals surface area contributed by atoms with E-state index in [2.05, 4.69) is 0 Å². The van der Waals surface area contributed by atoms with E-state index in [0.29, 0.717) is 12.0 Å². The maximum atomic E-state index is 9.93. The van der Waals surface area contributed by atoms with Crippen LogP contribution < -0.4 is 0 Å². The zero-order valence-corrected chi connectivity index (χ0v) is 7.33. The minimum atomic E-state index is -0.0310. The summed E-state index contributed by atoms with van der Waals surface area (Å²) in [6, 6.07) is 0. The highest BCUT2D eigenvalue weighted by atomic mass is 16.5. The lowest BCUT2D eigenvalue weighted by Gasteiger charge is -2.64.